The van der Waals surface area contributed by atoms with Crippen LogP contribution in [-0.4, -0.2) is 42.2 Å². The fourth-order valence-corrected chi connectivity index (χ4v) is 1.74. The summed E-state index contributed by atoms with van der Waals surface area (Å²) in [5.41, 5.74) is -1.30. The molecule has 0 saturated heterocycles. The van der Waals surface area contributed by atoms with Gasteiger partial charge in [-0.2, -0.15) is 5.10 Å². The van der Waals surface area contributed by atoms with Gasteiger partial charge in [0.05, 0.1) is 6.61 Å². The zero-order valence-corrected chi connectivity index (χ0v) is 11.8. The Labute approximate surface area is 122 Å². The lowest BCUT2D eigenvalue weighted by atomic mass is 10.2. The van der Waals surface area contributed by atoms with E-state index in [1.165, 1.54) is 6.92 Å². The van der Waals surface area contributed by atoms with Crippen LogP contribution in [0, 0.1) is 0 Å². The molecule has 0 amide bonds. The van der Waals surface area contributed by atoms with Crippen molar-refractivity contribution in [2.24, 2.45) is 0 Å². The number of esters is 1. The Morgan fingerprint density at radius 2 is 2.05 bits per heavy atom. The Morgan fingerprint density at radius 1 is 1.42 bits per heavy atom. The molecule has 0 radical (unpaired) electrons. The lowest BCUT2D eigenvalue weighted by Gasteiger charge is -2.18. The fraction of sp³-hybridized carbons (Fsp3) is 0.333. The van der Waals surface area contributed by atoms with E-state index in [2.05, 4.69) is 14.8 Å². The third-order valence-electron chi connectivity index (χ3n) is 1.85. The van der Waals surface area contributed by atoms with Gasteiger partial charge in [-0.15, -0.1) is 0 Å². The highest BCUT2D eigenvalue weighted by Gasteiger charge is 2.38. The Morgan fingerprint density at radius 3 is 2.42 bits per heavy atom. The van der Waals surface area contributed by atoms with Gasteiger partial charge in [0.2, 0.25) is 3.79 Å². The Balaban J connectivity index is 3.51. The maximum atomic E-state index is 11.7. The second-order valence-electron chi connectivity index (χ2n) is 3.09. The van der Waals surface area contributed by atoms with Crippen molar-refractivity contribution < 1.29 is 19.4 Å². The lowest BCUT2D eigenvalue weighted by Crippen LogP contribution is -2.25. The number of carbonyl (C=O) groups is 2. The molecule has 104 valence electrons. The Kier molecular flexibility index (Phi) is 5.16. The number of alkyl halides is 3. The van der Waals surface area contributed by atoms with E-state index in [9.17, 15) is 9.59 Å². The topological polar surface area (TPSA) is 94.3 Å². The maximum absolute atomic E-state index is 11.7. The zero-order chi connectivity index (χ0) is 14.6. The number of rotatable bonds is 4. The van der Waals surface area contributed by atoms with Gasteiger partial charge in [-0.25, -0.2) is 19.3 Å². The van der Waals surface area contributed by atoms with Gasteiger partial charge in [0.15, 0.2) is 5.57 Å². The third kappa shape index (κ3) is 3.82. The molecule has 0 aliphatic rings. The molecule has 0 aliphatic carbocycles. The van der Waals surface area contributed by atoms with E-state index in [1.807, 2.05) is 0 Å². The van der Waals surface area contributed by atoms with Gasteiger partial charge >= 0.3 is 11.9 Å². The summed E-state index contributed by atoms with van der Waals surface area (Å²) in [6, 6.07) is 0. The molecule has 1 rings (SSSR count). The van der Waals surface area contributed by atoms with Crippen molar-refractivity contribution in [1.82, 2.24) is 14.8 Å². The SMILES string of the molecule is CCOC(=O)C(C(=O)O)=C(n1cncn1)C(Cl)(Cl)Cl. The number of carboxylic acids is 1. The molecule has 0 atom stereocenters. The van der Waals surface area contributed by atoms with Crippen molar-refractivity contribution in [2.75, 3.05) is 6.61 Å². The van der Waals surface area contributed by atoms with Gasteiger partial charge in [-0.3, -0.25) is 0 Å². The molecule has 1 aromatic rings. The number of nitrogens with zero attached hydrogens (tertiary/aromatic N) is 3. The van der Waals surface area contributed by atoms with Crippen molar-refractivity contribution in [1.29, 1.82) is 0 Å². The number of hydrogen-bond donors (Lipinski definition) is 1. The number of carbonyl (C=O) groups excluding carboxylic acids is 1. The highest BCUT2D eigenvalue weighted by Crippen LogP contribution is 2.39. The minimum atomic E-state index is -2.20. The van der Waals surface area contributed by atoms with E-state index >= 15 is 0 Å². The van der Waals surface area contributed by atoms with E-state index in [1.54, 1.807) is 0 Å². The average molecular weight is 329 g/mol. The quantitative estimate of drug-likeness (QED) is 0.296. The van der Waals surface area contributed by atoms with Crippen LogP contribution in [0.4, 0.5) is 0 Å². The number of ether oxygens (including phenoxy) is 1. The van der Waals surface area contributed by atoms with Gasteiger partial charge < -0.3 is 9.84 Å². The molecule has 0 saturated carbocycles. The van der Waals surface area contributed by atoms with Crippen LogP contribution in [0.2, 0.25) is 0 Å². The van der Waals surface area contributed by atoms with Gasteiger partial charge in [-0.05, 0) is 6.92 Å². The first-order valence-corrected chi connectivity index (χ1v) is 5.99. The zero-order valence-electron chi connectivity index (χ0n) is 9.51. The minimum Gasteiger partial charge on any atom is -0.477 e. The van der Waals surface area contributed by atoms with E-state index in [4.69, 9.17) is 39.9 Å². The Hall–Kier alpha value is -1.31. The molecule has 0 aromatic carbocycles. The highest BCUT2D eigenvalue weighted by atomic mass is 35.6. The minimum absolute atomic E-state index is 0.0277. The van der Waals surface area contributed by atoms with Crippen LogP contribution in [-0.2, 0) is 14.3 Å². The molecule has 1 N–H and O–H groups in total. The first kappa shape index (κ1) is 15.7. The molecular formula is C9H8Cl3N3O4. The van der Waals surface area contributed by atoms with Gasteiger partial charge in [0.1, 0.15) is 18.4 Å². The molecule has 1 aromatic heterocycles. The van der Waals surface area contributed by atoms with E-state index in [0.29, 0.717) is 0 Å². The van der Waals surface area contributed by atoms with Crippen LogP contribution >= 0.6 is 34.8 Å². The molecule has 0 aliphatic heterocycles. The summed E-state index contributed by atoms with van der Waals surface area (Å²) in [7, 11) is 0. The molecule has 7 nitrogen and oxygen atoms in total. The first-order valence-electron chi connectivity index (χ1n) is 4.86. The predicted octanol–water partition coefficient (Wildman–Crippen LogP) is 1.51. The Bertz CT molecular complexity index is 507. The van der Waals surface area contributed by atoms with Crippen LogP contribution in [0.5, 0.6) is 0 Å². The molecule has 0 spiro atoms. The monoisotopic (exact) mass is 327 g/mol. The number of allylic oxidation sites excluding steroid dienone is 1. The highest BCUT2D eigenvalue weighted by molar-refractivity contribution is 6.72. The summed E-state index contributed by atoms with van der Waals surface area (Å²) in [4.78, 5) is 26.5. The summed E-state index contributed by atoms with van der Waals surface area (Å²) in [5, 5.41) is 12.8. The summed E-state index contributed by atoms with van der Waals surface area (Å²) < 4.78 is 3.31. The summed E-state index contributed by atoms with van der Waals surface area (Å²) in [6.45, 7) is 1.49. The number of aromatic nitrogens is 3. The number of halogens is 3. The summed E-state index contributed by atoms with van der Waals surface area (Å²) in [5.74, 6) is -2.73. The molecule has 0 fully saturated rings. The fourth-order valence-electron chi connectivity index (χ4n) is 1.20. The van der Waals surface area contributed by atoms with Gasteiger partial charge in [0.25, 0.3) is 0 Å². The van der Waals surface area contributed by atoms with Crippen LogP contribution in [0.3, 0.4) is 0 Å². The molecule has 0 bridgehead atoms. The van der Waals surface area contributed by atoms with Crippen LogP contribution < -0.4 is 0 Å². The summed E-state index contributed by atoms with van der Waals surface area (Å²) >= 11 is 17.1. The molecule has 10 heteroatoms. The molecule has 1 heterocycles. The van der Waals surface area contributed by atoms with Crippen LogP contribution in [0.25, 0.3) is 5.70 Å². The smallest absolute Gasteiger partial charge is 0.347 e. The van der Waals surface area contributed by atoms with Crippen molar-refractivity contribution >= 4 is 52.4 Å². The van der Waals surface area contributed by atoms with Crippen molar-refractivity contribution in [3.05, 3.63) is 18.2 Å². The predicted molar refractivity (Wildman–Crippen MR) is 67.8 cm³/mol. The van der Waals surface area contributed by atoms with Crippen LogP contribution in [0.1, 0.15) is 6.92 Å². The van der Waals surface area contributed by atoms with Gasteiger partial charge in [-0.1, -0.05) is 34.8 Å². The second kappa shape index (κ2) is 6.23. The maximum Gasteiger partial charge on any atom is 0.347 e. The largest absolute Gasteiger partial charge is 0.477 e. The van der Waals surface area contributed by atoms with Crippen molar-refractivity contribution in [3.63, 3.8) is 0 Å². The van der Waals surface area contributed by atoms with Crippen LogP contribution in [0.15, 0.2) is 18.2 Å². The number of aliphatic carboxylic acids is 1. The standard InChI is InChI=1S/C9H8Cl3N3O4/c1-2-19-8(18)5(7(16)17)6(9(10,11)12)15-4-13-3-14-15/h3-4H,2H2,1H3,(H,16,17). The first-order chi connectivity index (χ1) is 8.79. The summed E-state index contributed by atoms with van der Waals surface area (Å²) in [6.07, 6.45) is 2.19. The third-order valence-corrected chi connectivity index (χ3v) is 2.38. The van der Waals surface area contributed by atoms with E-state index in [0.717, 1.165) is 17.3 Å². The lowest BCUT2D eigenvalue weighted by molar-refractivity contribution is -0.143. The van der Waals surface area contributed by atoms with Crippen molar-refractivity contribution in [2.45, 2.75) is 10.7 Å². The molecule has 19 heavy (non-hydrogen) atoms. The van der Waals surface area contributed by atoms with Crippen molar-refractivity contribution in [3.8, 4) is 0 Å². The van der Waals surface area contributed by atoms with Gasteiger partial charge in [0, 0.05) is 0 Å². The average Bonchev–Trinajstić information content (AvgIpc) is 2.76. The number of hydrogen-bond acceptors (Lipinski definition) is 5. The van der Waals surface area contributed by atoms with E-state index in [-0.39, 0.29) is 6.61 Å². The molecular weight excluding hydrogens is 320 g/mol. The molecule has 0 unspecified atom stereocenters. The number of carboxylic acid groups (broad SMARTS) is 1. The second-order valence-corrected chi connectivity index (χ2v) is 5.37. The van der Waals surface area contributed by atoms with E-state index < -0.39 is 27.0 Å². The normalized spacial score (nSPS) is 12.8.